The van der Waals surface area contributed by atoms with Crippen molar-refractivity contribution in [3.63, 3.8) is 0 Å². The molecular weight excluding hydrogens is 240 g/mol. The zero-order valence-corrected chi connectivity index (χ0v) is 11.7. The van der Waals surface area contributed by atoms with Gasteiger partial charge in [-0.3, -0.25) is 4.98 Å². The lowest BCUT2D eigenvalue weighted by atomic mass is 9.96. The molecule has 1 aromatic heterocycles. The van der Waals surface area contributed by atoms with E-state index < -0.39 is 0 Å². The fraction of sp³-hybridized carbons (Fsp3) is 0.200. The number of benzene rings is 1. The van der Waals surface area contributed by atoms with Crippen molar-refractivity contribution in [2.45, 2.75) is 25.7 Å². The minimum atomic E-state index is 0.568. The minimum Gasteiger partial charge on any atom is -0.305 e. The standard InChI is InChI=1S/C15H16N2S/c1-9(2)15(10(3)16)11-7-13-12(14(18)8-11)5-4-6-17-13/h4-8,16,18H,1-3H3. The molecule has 1 heterocycles. The summed E-state index contributed by atoms with van der Waals surface area (Å²) in [4.78, 5) is 5.26. The molecule has 0 atom stereocenters. The van der Waals surface area contributed by atoms with Gasteiger partial charge >= 0.3 is 0 Å². The number of hydrogen-bond donors (Lipinski definition) is 2. The van der Waals surface area contributed by atoms with Crippen molar-refractivity contribution in [2.75, 3.05) is 0 Å². The van der Waals surface area contributed by atoms with Crippen LogP contribution in [-0.2, 0) is 0 Å². The lowest BCUT2D eigenvalue weighted by molar-refractivity contribution is 1.35. The van der Waals surface area contributed by atoms with Crippen LogP contribution < -0.4 is 0 Å². The van der Waals surface area contributed by atoms with E-state index >= 15 is 0 Å². The number of fused-ring (bicyclic) bond motifs is 1. The minimum absolute atomic E-state index is 0.568. The van der Waals surface area contributed by atoms with E-state index in [9.17, 15) is 0 Å². The average Bonchev–Trinajstić information content (AvgIpc) is 2.28. The number of hydrogen-bond acceptors (Lipinski definition) is 3. The van der Waals surface area contributed by atoms with Gasteiger partial charge in [0.1, 0.15) is 0 Å². The second kappa shape index (κ2) is 4.94. The Morgan fingerprint density at radius 1 is 1.22 bits per heavy atom. The van der Waals surface area contributed by atoms with Gasteiger partial charge < -0.3 is 5.41 Å². The van der Waals surface area contributed by atoms with Gasteiger partial charge in [0, 0.05) is 27.8 Å². The Morgan fingerprint density at radius 3 is 2.56 bits per heavy atom. The third kappa shape index (κ3) is 2.31. The molecule has 0 fully saturated rings. The Bertz CT molecular complexity index is 653. The largest absolute Gasteiger partial charge is 0.305 e. The van der Waals surface area contributed by atoms with Crippen molar-refractivity contribution in [2.24, 2.45) is 0 Å². The van der Waals surface area contributed by atoms with Crippen LogP contribution in [0, 0.1) is 5.41 Å². The van der Waals surface area contributed by atoms with E-state index in [4.69, 9.17) is 5.41 Å². The molecule has 0 bridgehead atoms. The normalized spacial score (nSPS) is 10.4. The van der Waals surface area contributed by atoms with E-state index in [2.05, 4.69) is 17.6 Å². The molecule has 2 nitrogen and oxygen atoms in total. The summed E-state index contributed by atoms with van der Waals surface area (Å²) in [5.74, 6) is 0. The summed E-state index contributed by atoms with van der Waals surface area (Å²) in [5.41, 5.74) is 4.60. The van der Waals surface area contributed by atoms with Gasteiger partial charge in [-0.25, -0.2) is 0 Å². The molecule has 0 unspecified atom stereocenters. The molecule has 1 N–H and O–H groups in total. The number of thiol groups is 1. The highest BCUT2D eigenvalue weighted by molar-refractivity contribution is 7.80. The predicted molar refractivity (Wildman–Crippen MR) is 80.7 cm³/mol. The van der Waals surface area contributed by atoms with Gasteiger partial charge in [0.05, 0.1) is 5.52 Å². The molecule has 2 aromatic rings. The summed E-state index contributed by atoms with van der Waals surface area (Å²) in [6, 6.07) is 7.95. The van der Waals surface area contributed by atoms with Crippen LogP contribution in [0.2, 0.25) is 0 Å². The fourth-order valence-electron chi connectivity index (χ4n) is 2.19. The third-order valence-corrected chi connectivity index (χ3v) is 3.23. The second-order valence-electron chi connectivity index (χ2n) is 4.57. The quantitative estimate of drug-likeness (QED) is 0.608. The highest BCUT2D eigenvalue weighted by atomic mass is 32.1. The first-order chi connectivity index (χ1) is 8.50. The van der Waals surface area contributed by atoms with Gasteiger partial charge in [-0.05, 0) is 44.5 Å². The van der Waals surface area contributed by atoms with Crippen molar-refractivity contribution in [1.82, 2.24) is 4.98 Å². The second-order valence-corrected chi connectivity index (χ2v) is 5.05. The average molecular weight is 256 g/mol. The number of nitrogens with one attached hydrogen (secondary N) is 1. The number of rotatable bonds is 2. The number of aromatic nitrogens is 1. The van der Waals surface area contributed by atoms with Crippen molar-refractivity contribution < 1.29 is 0 Å². The van der Waals surface area contributed by atoms with Gasteiger partial charge in [0.2, 0.25) is 0 Å². The Kier molecular flexibility index (Phi) is 3.53. The fourth-order valence-corrected chi connectivity index (χ4v) is 2.52. The molecule has 0 aliphatic heterocycles. The van der Waals surface area contributed by atoms with Crippen molar-refractivity contribution in [3.05, 3.63) is 41.6 Å². The van der Waals surface area contributed by atoms with Crippen LogP contribution in [0.3, 0.4) is 0 Å². The molecule has 18 heavy (non-hydrogen) atoms. The Hall–Kier alpha value is -1.61. The first-order valence-corrected chi connectivity index (χ1v) is 6.26. The Labute approximate surface area is 113 Å². The first kappa shape index (κ1) is 12.8. The molecule has 1 aromatic carbocycles. The molecule has 0 saturated heterocycles. The molecule has 92 valence electrons. The lowest BCUT2D eigenvalue weighted by Crippen LogP contribution is -1.98. The van der Waals surface area contributed by atoms with Crippen molar-refractivity contribution >= 4 is 34.8 Å². The van der Waals surface area contributed by atoms with Gasteiger partial charge in [0.25, 0.3) is 0 Å². The van der Waals surface area contributed by atoms with Crippen molar-refractivity contribution in [3.8, 4) is 0 Å². The molecule has 0 saturated carbocycles. The zero-order valence-electron chi connectivity index (χ0n) is 10.8. The van der Waals surface area contributed by atoms with Crippen LogP contribution in [0.1, 0.15) is 26.3 Å². The maximum Gasteiger partial charge on any atom is 0.0719 e. The molecule has 3 heteroatoms. The lowest BCUT2D eigenvalue weighted by Gasteiger charge is -2.11. The third-order valence-electron chi connectivity index (χ3n) is 2.86. The first-order valence-electron chi connectivity index (χ1n) is 5.82. The van der Waals surface area contributed by atoms with Crippen LogP contribution >= 0.6 is 12.6 Å². The summed E-state index contributed by atoms with van der Waals surface area (Å²) < 4.78 is 0. The Balaban J connectivity index is 2.74. The Morgan fingerprint density at radius 2 is 1.94 bits per heavy atom. The van der Waals surface area contributed by atoms with E-state index in [1.165, 1.54) is 0 Å². The van der Waals surface area contributed by atoms with Crippen LogP contribution in [-0.4, -0.2) is 10.7 Å². The molecule has 0 radical (unpaired) electrons. The summed E-state index contributed by atoms with van der Waals surface area (Å²) in [6.07, 6.45) is 1.78. The number of pyridine rings is 1. The van der Waals surface area contributed by atoms with Crippen molar-refractivity contribution in [1.29, 1.82) is 5.41 Å². The molecule has 0 aliphatic rings. The van der Waals surface area contributed by atoms with Crippen LogP contribution in [0.4, 0.5) is 0 Å². The van der Waals surface area contributed by atoms with Gasteiger partial charge in [-0.15, -0.1) is 12.6 Å². The van der Waals surface area contributed by atoms with E-state index in [1.54, 1.807) is 6.20 Å². The van der Waals surface area contributed by atoms with Crippen LogP contribution in [0.5, 0.6) is 0 Å². The van der Waals surface area contributed by atoms with Crippen LogP contribution in [0.15, 0.2) is 40.9 Å². The summed E-state index contributed by atoms with van der Waals surface area (Å²) in [6.45, 7) is 5.85. The number of allylic oxidation sites excluding steroid dienone is 2. The number of nitrogens with zero attached hydrogens (tertiary/aromatic N) is 1. The molecular formula is C15H16N2S. The van der Waals surface area contributed by atoms with E-state index in [0.717, 1.165) is 32.5 Å². The van der Waals surface area contributed by atoms with E-state index in [0.29, 0.717) is 5.71 Å². The van der Waals surface area contributed by atoms with Gasteiger partial charge in [0.15, 0.2) is 0 Å². The molecule has 0 spiro atoms. The topological polar surface area (TPSA) is 36.7 Å². The predicted octanol–water partition coefficient (Wildman–Crippen LogP) is 4.36. The van der Waals surface area contributed by atoms with Gasteiger partial charge in [-0.2, -0.15) is 0 Å². The molecule has 2 rings (SSSR count). The van der Waals surface area contributed by atoms with Crippen LogP contribution in [0.25, 0.3) is 16.5 Å². The zero-order chi connectivity index (χ0) is 13.3. The SMILES string of the molecule is CC(=N)C(=C(C)C)c1cc(S)c2cccnc2c1. The smallest absolute Gasteiger partial charge is 0.0719 e. The van der Waals surface area contributed by atoms with E-state index in [1.807, 2.05) is 45.0 Å². The highest BCUT2D eigenvalue weighted by Gasteiger charge is 2.09. The summed E-state index contributed by atoms with van der Waals surface area (Å²) in [7, 11) is 0. The monoisotopic (exact) mass is 256 g/mol. The highest BCUT2D eigenvalue weighted by Crippen LogP contribution is 2.28. The molecule has 0 amide bonds. The maximum absolute atomic E-state index is 7.89. The van der Waals surface area contributed by atoms with Gasteiger partial charge in [-0.1, -0.05) is 11.6 Å². The molecule has 0 aliphatic carbocycles. The summed E-state index contributed by atoms with van der Waals surface area (Å²) in [5, 5.41) is 8.94. The summed E-state index contributed by atoms with van der Waals surface area (Å²) >= 11 is 4.52. The van der Waals surface area contributed by atoms with E-state index in [-0.39, 0.29) is 0 Å². The maximum atomic E-state index is 7.89.